The van der Waals surface area contributed by atoms with Gasteiger partial charge in [-0.1, -0.05) is 0 Å². The number of carbonyl (C=O) groups is 1. The van der Waals surface area contributed by atoms with Crippen LogP contribution < -0.4 is 5.32 Å². The lowest BCUT2D eigenvalue weighted by atomic mass is 9.88. The van der Waals surface area contributed by atoms with Gasteiger partial charge in [-0.15, -0.1) is 0 Å². The molecule has 4 rings (SSSR count). The highest BCUT2D eigenvalue weighted by Crippen LogP contribution is 2.32. The van der Waals surface area contributed by atoms with Crippen molar-refractivity contribution in [1.29, 1.82) is 0 Å². The van der Waals surface area contributed by atoms with Crippen LogP contribution in [0.3, 0.4) is 0 Å². The summed E-state index contributed by atoms with van der Waals surface area (Å²) < 4.78 is 3.77. The van der Waals surface area contributed by atoms with Gasteiger partial charge in [-0.05, 0) is 24.5 Å². The minimum atomic E-state index is 0.0254. The van der Waals surface area contributed by atoms with Crippen LogP contribution in [0.15, 0.2) is 24.7 Å². The molecule has 0 bridgehead atoms. The van der Waals surface area contributed by atoms with E-state index in [1.54, 1.807) is 0 Å². The van der Waals surface area contributed by atoms with Crippen molar-refractivity contribution in [3.05, 3.63) is 35.9 Å². The van der Waals surface area contributed by atoms with Crippen molar-refractivity contribution in [2.45, 2.75) is 24.7 Å². The van der Waals surface area contributed by atoms with Gasteiger partial charge in [0.1, 0.15) is 0 Å². The van der Waals surface area contributed by atoms with Gasteiger partial charge in [-0.25, -0.2) is 0 Å². The fraction of sp³-hybridized carbons (Fsp3) is 0.611. The molecule has 7 nitrogen and oxygen atoms in total. The minimum absolute atomic E-state index is 0.0254. The quantitative estimate of drug-likeness (QED) is 0.898. The summed E-state index contributed by atoms with van der Waals surface area (Å²) in [5.74, 6) is 1.06. The molecular weight excluding hydrogens is 316 g/mol. The molecular formula is C18H26N6O. The van der Waals surface area contributed by atoms with Crippen molar-refractivity contribution in [2.24, 2.45) is 20.0 Å². The van der Waals surface area contributed by atoms with Crippen LogP contribution in [0.2, 0.25) is 0 Å². The van der Waals surface area contributed by atoms with Gasteiger partial charge in [0.25, 0.3) is 0 Å². The number of nitrogens with zero attached hydrogens (tertiary/aromatic N) is 5. The summed E-state index contributed by atoms with van der Waals surface area (Å²) in [5.41, 5.74) is 2.44. The fourth-order valence-corrected chi connectivity index (χ4v) is 4.33. The van der Waals surface area contributed by atoms with Gasteiger partial charge >= 0.3 is 0 Å². The molecule has 0 aliphatic carbocycles. The van der Waals surface area contributed by atoms with Gasteiger partial charge in [-0.3, -0.25) is 14.2 Å². The number of aryl methyl sites for hydroxylation is 2. The van der Waals surface area contributed by atoms with Crippen molar-refractivity contribution >= 4 is 5.91 Å². The molecule has 0 unspecified atom stereocenters. The number of aromatic nitrogens is 4. The summed E-state index contributed by atoms with van der Waals surface area (Å²) in [4.78, 5) is 15.2. The molecule has 2 aromatic heterocycles. The largest absolute Gasteiger partial charge is 0.342 e. The summed E-state index contributed by atoms with van der Waals surface area (Å²) in [6.07, 6.45) is 7.82. The maximum absolute atomic E-state index is 13.1. The number of likely N-dealkylation sites (tertiary alicyclic amines) is 1. The topological polar surface area (TPSA) is 68.0 Å². The van der Waals surface area contributed by atoms with Gasteiger partial charge < -0.3 is 10.2 Å². The summed E-state index contributed by atoms with van der Waals surface area (Å²) in [7, 11) is 3.92. The molecule has 2 aromatic rings. The van der Waals surface area contributed by atoms with Crippen LogP contribution in [0.5, 0.6) is 0 Å². The average Bonchev–Trinajstić information content (AvgIpc) is 3.34. The van der Waals surface area contributed by atoms with Crippen LogP contribution in [0.1, 0.15) is 35.9 Å². The lowest BCUT2D eigenvalue weighted by Gasteiger charge is -2.34. The van der Waals surface area contributed by atoms with E-state index in [1.807, 2.05) is 42.0 Å². The van der Waals surface area contributed by atoms with Crippen LogP contribution in [0, 0.1) is 5.92 Å². The highest BCUT2D eigenvalue weighted by molar-refractivity contribution is 5.80. The molecule has 0 radical (unpaired) electrons. The van der Waals surface area contributed by atoms with Gasteiger partial charge in [-0.2, -0.15) is 10.2 Å². The maximum atomic E-state index is 13.1. The van der Waals surface area contributed by atoms with Crippen LogP contribution in [-0.2, 0) is 18.9 Å². The van der Waals surface area contributed by atoms with E-state index in [9.17, 15) is 4.79 Å². The minimum Gasteiger partial charge on any atom is -0.342 e. The molecule has 0 aromatic carbocycles. The standard InChI is InChI=1S/C18H26N6O/c1-22-12-14(9-21-22)15-10-19-11-16(15)18(25)24-7-4-13(5-8-24)17-3-6-20-23(17)2/h3,6,9,12-13,15-16,19H,4-5,7-8,10-11H2,1-2H3/t15-,16+/m1/s1. The first-order chi connectivity index (χ1) is 12.1. The lowest BCUT2D eigenvalue weighted by molar-refractivity contribution is -0.136. The Morgan fingerprint density at radius 3 is 2.64 bits per heavy atom. The summed E-state index contributed by atoms with van der Waals surface area (Å²) >= 11 is 0. The van der Waals surface area contributed by atoms with E-state index in [0.29, 0.717) is 11.8 Å². The SMILES string of the molecule is Cn1cc([C@H]2CNC[C@@H]2C(=O)N2CCC(c3ccnn3C)CC2)cn1. The number of carbonyl (C=O) groups excluding carboxylic acids is 1. The molecule has 4 heterocycles. The first-order valence-electron chi connectivity index (χ1n) is 9.09. The Hall–Kier alpha value is -2.15. The Bertz CT molecular complexity index is 742. The van der Waals surface area contributed by atoms with E-state index in [2.05, 4.69) is 26.5 Å². The Labute approximate surface area is 148 Å². The van der Waals surface area contributed by atoms with E-state index in [0.717, 1.165) is 44.6 Å². The molecule has 2 atom stereocenters. The number of amides is 1. The highest BCUT2D eigenvalue weighted by Gasteiger charge is 2.38. The Kier molecular flexibility index (Phi) is 4.33. The summed E-state index contributed by atoms with van der Waals surface area (Å²) in [6.45, 7) is 3.30. The van der Waals surface area contributed by atoms with E-state index in [4.69, 9.17) is 0 Å². The van der Waals surface area contributed by atoms with Crippen molar-refractivity contribution in [1.82, 2.24) is 29.8 Å². The Morgan fingerprint density at radius 2 is 2.00 bits per heavy atom. The molecule has 1 N–H and O–H groups in total. The third-order valence-electron chi connectivity index (χ3n) is 5.77. The molecule has 2 aliphatic rings. The molecule has 0 saturated carbocycles. The normalized spacial score (nSPS) is 24.8. The summed E-state index contributed by atoms with van der Waals surface area (Å²) in [6, 6.07) is 2.10. The number of piperidine rings is 1. The van der Waals surface area contributed by atoms with E-state index < -0.39 is 0 Å². The van der Waals surface area contributed by atoms with E-state index in [1.165, 1.54) is 5.69 Å². The monoisotopic (exact) mass is 342 g/mol. The fourth-order valence-electron chi connectivity index (χ4n) is 4.33. The van der Waals surface area contributed by atoms with Gasteiger partial charge in [0, 0.05) is 70.2 Å². The summed E-state index contributed by atoms with van der Waals surface area (Å²) in [5, 5.41) is 11.9. The third-order valence-corrected chi connectivity index (χ3v) is 5.77. The molecule has 2 fully saturated rings. The number of hydrogen-bond acceptors (Lipinski definition) is 4. The van der Waals surface area contributed by atoms with E-state index >= 15 is 0 Å². The smallest absolute Gasteiger partial charge is 0.227 e. The van der Waals surface area contributed by atoms with Crippen molar-refractivity contribution in [3.63, 3.8) is 0 Å². The molecule has 1 amide bonds. The second-order valence-corrected chi connectivity index (χ2v) is 7.30. The second kappa shape index (κ2) is 6.63. The molecule has 2 saturated heterocycles. The Morgan fingerprint density at radius 1 is 1.20 bits per heavy atom. The van der Waals surface area contributed by atoms with Gasteiger partial charge in [0.2, 0.25) is 5.91 Å². The van der Waals surface area contributed by atoms with E-state index in [-0.39, 0.29) is 11.8 Å². The average molecular weight is 342 g/mol. The number of nitrogens with one attached hydrogen (secondary N) is 1. The van der Waals surface area contributed by atoms with Gasteiger partial charge in [0.15, 0.2) is 0 Å². The predicted molar refractivity (Wildman–Crippen MR) is 94.1 cm³/mol. The zero-order valence-electron chi connectivity index (χ0n) is 14.9. The lowest BCUT2D eigenvalue weighted by Crippen LogP contribution is -2.43. The maximum Gasteiger partial charge on any atom is 0.227 e. The number of hydrogen-bond donors (Lipinski definition) is 1. The predicted octanol–water partition coefficient (Wildman–Crippen LogP) is 0.863. The molecule has 0 spiro atoms. The first-order valence-corrected chi connectivity index (χ1v) is 9.09. The van der Waals surface area contributed by atoms with Crippen LogP contribution in [0.4, 0.5) is 0 Å². The molecule has 25 heavy (non-hydrogen) atoms. The highest BCUT2D eigenvalue weighted by atomic mass is 16.2. The second-order valence-electron chi connectivity index (χ2n) is 7.30. The van der Waals surface area contributed by atoms with Crippen LogP contribution >= 0.6 is 0 Å². The first kappa shape index (κ1) is 16.3. The van der Waals surface area contributed by atoms with Gasteiger partial charge in [0.05, 0.1) is 12.1 Å². The molecule has 2 aliphatic heterocycles. The van der Waals surface area contributed by atoms with Crippen molar-refractivity contribution in [3.8, 4) is 0 Å². The van der Waals surface area contributed by atoms with Crippen molar-refractivity contribution < 1.29 is 4.79 Å². The molecule has 134 valence electrons. The van der Waals surface area contributed by atoms with Crippen LogP contribution in [-0.4, -0.2) is 56.5 Å². The zero-order valence-corrected chi connectivity index (χ0v) is 14.9. The van der Waals surface area contributed by atoms with Crippen molar-refractivity contribution in [2.75, 3.05) is 26.2 Å². The van der Waals surface area contributed by atoms with Crippen LogP contribution in [0.25, 0.3) is 0 Å². The molecule has 7 heteroatoms. The zero-order chi connectivity index (χ0) is 17.4. The Balaban J connectivity index is 1.41. The third kappa shape index (κ3) is 3.08. The number of rotatable bonds is 3.